The van der Waals surface area contributed by atoms with Gasteiger partial charge >= 0.3 is 0 Å². The predicted octanol–water partition coefficient (Wildman–Crippen LogP) is 1.47. The normalized spacial score (nSPS) is 27.6. The molecule has 4 nitrogen and oxygen atoms in total. The molecule has 0 aromatic carbocycles. The minimum Gasteiger partial charge on any atom is -0.368 e. The van der Waals surface area contributed by atoms with E-state index in [1.807, 2.05) is 19.4 Å². The molecule has 2 fully saturated rings. The molecule has 4 heteroatoms. The number of hydrogen-bond donors (Lipinski definition) is 1. The van der Waals surface area contributed by atoms with E-state index in [0.29, 0.717) is 0 Å². The van der Waals surface area contributed by atoms with Crippen LogP contribution in [0.2, 0.25) is 0 Å². The molecule has 1 aromatic heterocycles. The van der Waals surface area contributed by atoms with Crippen molar-refractivity contribution in [1.29, 1.82) is 0 Å². The van der Waals surface area contributed by atoms with E-state index in [0.717, 1.165) is 31.7 Å². The fraction of sp³-hybridized carbons (Fsp3) is 0.667. The van der Waals surface area contributed by atoms with E-state index in [1.54, 1.807) is 0 Å². The molecule has 2 bridgehead atoms. The number of nitrogens with one attached hydrogen (secondary N) is 1. The minimum absolute atomic E-state index is 0.718. The van der Waals surface area contributed by atoms with Crippen molar-refractivity contribution in [2.24, 2.45) is 0 Å². The lowest BCUT2D eigenvalue weighted by Gasteiger charge is -2.29. The van der Waals surface area contributed by atoms with E-state index in [1.165, 1.54) is 30.5 Å². The lowest BCUT2D eigenvalue weighted by molar-refractivity contribution is 0.254. The summed E-state index contributed by atoms with van der Waals surface area (Å²) in [4.78, 5) is 9.46. The zero-order valence-electron chi connectivity index (χ0n) is 12.0. The van der Waals surface area contributed by atoms with Crippen molar-refractivity contribution in [3.8, 4) is 0 Å². The van der Waals surface area contributed by atoms with Gasteiger partial charge in [-0.3, -0.25) is 9.88 Å². The highest BCUT2D eigenvalue weighted by Crippen LogP contribution is 2.31. The summed E-state index contributed by atoms with van der Waals surface area (Å²) in [5.74, 6) is 0. The maximum absolute atomic E-state index is 4.33. The van der Waals surface area contributed by atoms with Crippen LogP contribution in [0.3, 0.4) is 0 Å². The second-order valence-corrected chi connectivity index (χ2v) is 5.82. The van der Waals surface area contributed by atoms with Gasteiger partial charge in [-0.2, -0.15) is 0 Å². The predicted molar refractivity (Wildman–Crippen MR) is 78.4 cm³/mol. The quantitative estimate of drug-likeness (QED) is 0.892. The van der Waals surface area contributed by atoms with Crippen LogP contribution in [0.1, 0.15) is 24.8 Å². The molecule has 2 unspecified atom stereocenters. The van der Waals surface area contributed by atoms with Crippen LogP contribution in [0.15, 0.2) is 18.5 Å². The number of anilines is 1. The molecule has 3 heterocycles. The van der Waals surface area contributed by atoms with Gasteiger partial charge in [0.1, 0.15) is 0 Å². The molecule has 2 saturated heterocycles. The smallest absolute Gasteiger partial charge is 0.0598 e. The Morgan fingerprint density at radius 2 is 2.16 bits per heavy atom. The molecular weight excluding hydrogens is 236 g/mol. The Bertz CT molecular complexity index is 434. The van der Waals surface area contributed by atoms with Crippen LogP contribution in [0.25, 0.3) is 0 Å². The Balaban J connectivity index is 1.82. The van der Waals surface area contributed by atoms with Crippen molar-refractivity contribution in [1.82, 2.24) is 15.2 Å². The molecule has 1 N–H and O–H groups in total. The number of pyridine rings is 1. The monoisotopic (exact) mass is 260 g/mol. The SMILES string of the molecule is CNCc1ccncc1N1CCC2CCC(C1)N2C. The molecule has 0 radical (unpaired) electrons. The van der Waals surface area contributed by atoms with Crippen LogP contribution in [-0.4, -0.2) is 49.2 Å². The second kappa shape index (κ2) is 5.47. The first kappa shape index (κ1) is 12.9. The summed E-state index contributed by atoms with van der Waals surface area (Å²) in [6, 6.07) is 3.65. The first-order valence-electron chi connectivity index (χ1n) is 7.34. The van der Waals surface area contributed by atoms with E-state index in [2.05, 4.69) is 33.2 Å². The summed E-state index contributed by atoms with van der Waals surface area (Å²) >= 11 is 0. The third-order valence-electron chi connectivity index (χ3n) is 4.74. The van der Waals surface area contributed by atoms with Crippen molar-refractivity contribution >= 4 is 5.69 Å². The average Bonchev–Trinajstić information content (AvgIpc) is 2.65. The average molecular weight is 260 g/mol. The zero-order chi connectivity index (χ0) is 13.2. The molecule has 2 aliphatic heterocycles. The summed E-state index contributed by atoms with van der Waals surface area (Å²) in [5.41, 5.74) is 2.68. The Morgan fingerprint density at radius 1 is 1.32 bits per heavy atom. The molecule has 2 atom stereocenters. The summed E-state index contributed by atoms with van der Waals surface area (Å²) < 4.78 is 0. The molecule has 104 valence electrons. The van der Waals surface area contributed by atoms with E-state index >= 15 is 0 Å². The van der Waals surface area contributed by atoms with Gasteiger partial charge in [0.2, 0.25) is 0 Å². The Labute approximate surface area is 115 Å². The van der Waals surface area contributed by atoms with Crippen molar-refractivity contribution in [3.05, 3.63) is 24.0 Å². The van der Waals surface area contributed by atoms with Crippen LogP contribution < -0.4 is 10.2 Å². The highest BCUT2D eigenvalue weighted by molar-refractivity contribution is 5.52. The molecule has 1 aromatic rings. The van der Waals surface area contributed by atoms with Gasteiger partial charge in [-0.1, -0.05) is 0 Å². The summed E-state index contributed by atoms with van der Waals surface area (Å²) in [7, 11) is 4.30. The van der Waals surface area contributed by atoms with E-state index < -0.39 is 0 Å². The summed E-state index contributed by atoms with van der Waals surface area (Å²) in [6.45, 7) is 3.22. The topological polar surface area (TPSA) is 31.4 Å². The zero-order valence-corrected chi connectivity index (χ0v) is 12.0. The lowest BCUT2D eigenvalue weighted by Crippen LogP contribution is -2.37. The fourth-order valence-electron chi connectivity index (χ4n) is 3.57. The first-order chi connectivity index (χ1) is 9.29. The Hall–Kier alpha value is -1.13. The molecule has 0 amide bonds. The van der Waals surface area contributed by atoms with Gasteiger partial charge in [0.25, 0.3) is 0 Å². The Morgan fingerprint density at radius 3 is 3.00 bits per heavy atom. The van der Waals surface area contributed by atoms with Gasteiger partial charge in [0.15, 0.2) is 0 Å². The number of rotatable bonds is 3. The highest BCUT2D eigenvalue weighted by atomic mass is 15.3. The molecule has 19 heavy (non-hydrogen) atoms. The van der Waals surface area contributed by atoms with Crippen LogP contribution in [0.4, 0.5) is 5.69 Å². The van der Waals surface area contributed by atoms with Gasteiger partial charge < -0.3 is 10.2 Å². The van der Waals surface area contributed by atoms with Gasteiger partial charge in [0, 0.05) is 37.9 Å². The van der Waals surface area contributed by atoms with Gasteiger partial charge in [-0.05, 0) is 45.0 Å². The third-order valence-corrected chi connectivity index (χ3v) is 4.74. The number of nitrogens with zero attached hydrogens (tertiary/aromatic N) is 3. The van der Waals surface area contributed by atoms with Crippen LogP contribution in [-0.2, 0) is 6.54 Å². The van der Waals surface area contributed by atoms with Gasteiger partial charge in [-0.25, -0.2) is 0 Å². The fourth-order valence-corrected chi connectivity index (χ4v) is 3.57. The van der Waals surface area contributed by atoms with Crippen molar-refractivity contribution in [2.75, 3.05) is 32.1 Å². The molecule has 0 spiro atoms. The highest BCUT2D eigenvalue weighted by Gasteiger charge is 2.34. The van der Waals surface area contributed by atoms with Crippen LogP contribution >= 0.6 is 0 Å². The molecule has 3 rings (SSSR count). The largest absolute Gasteiger partial charge is 0.368 e. The standard InChI is InChI=1S/C15H24N4/c1-16-9-12-5-7-17-10-15(12)19-8-6-13-3-4-14(11-19)18(13)2/h5,7,10,13-14,16H,3-4,6,8-9,11H2,1-2H3. The first-order valence-corrected chi connectivity index (χ1v) is 7.34. The number of aromatic nitrogens is 1. The lowest BCUT2D eigenvalue weighted by atomic mass is 10.1. The second-order valence-electron chi connectivity index (χ2n) is 5.82. The Kier molecular flexibility index (Phi) is 3.71. The van der Waals surface area contributed by atoms with Gasteiger partial charge in [0.05, 0.1) is 11.9 Å². The summed E-state index contributed by atoms with van der Waals surface area (Å²) in [6.07, 6.45) is 7.93. The molecule has 0 saturated carbocycles. The number of likely N-dealkylation sites (N-methyl/N-ethyl adjacent to an activating group) is 1. The van der Waals surface area contributed by atoms with Gasteiger partial charge in [-0.15, -0.1) is 0 Å². The van der Waals surface area contributed by atoms with Crippen molar-refractivity contribution < 1.29 is 0 Å². The van der Waals surface area contributed by atoms with Crippen molar-refractivity contribution in [2.45, 2.75) is 37.9 Å². The van der Waals surface area contributed by atoms with Crippen molar-refractivity contribution in [3.63, 3.8) is 0 Å². The molecule has 2 aliphatic rings. The summed E-state index contributed by atoms with van der Waals surface area (Å²) in [5, 5.41) is 3.26. The molecular formula is C15H24N4. The van der Waals surface area contributed by atoms with Crippen LogP contribution in [0.5, 0.6) is 0 Å². The maximum atomic E-state index is 4.33. The minimum atomic E-state index is 0.718. The molecule has 0 aliphatic carbocycles. The maximum Gasteiger partial charge on any atom is 0.0598 e. The van der Waals surface area contributed by atoms with E-state index in [9.17, 15) is 0 Å². The van der Waals surface area contributed by atoms with E-state index in [4.69, 9.17) is 0 Å². The number of hydrogen-bond acceptors (Lipinski definition) is 4. The third kappa shape index (κ3) is 2.47. The van der Waals surface area contributed by atoms with Crippen LogP contribution in [0, 0.1) is 0 Å². The number of fused-ring (bicyclic) bond motifs is 2. The van der Waals surface area contributed by atoms with E-state index in [-0.39, 0.29) is 0 Å².